The van der Waals surface area contributed by atoms with Gasteiger partial charge in [-0.25, -0.2) is 4.98 Å². The van der Waals surface area contributed by atoms with Crippen molar-refractivity contribution in [3.05, 3.63) is 88.7 Å². The first-order valence-corrected chi connectivity index (χ1v) is 17.7. The number of piperidine rings is 1. The molecule has 5 N–H and O–H groups in total. The average Bonchev–Trinajstić information content (AvgIpc) is 3.81. The molecule has 2 saturated heterocycles. The predicted octanol–water partition coefficient (Wildman–Crippen LogP) is 3.82. The monoisotopic (exact) mass is 704 g/mol. The lowest BCUT2D eigenvalue weighted by molar-refractivity contribution is -0.136. The smallest absolute Gasteiger partial charge is 0.262 e. The van der Waals surface area contributed by atoms with Crippen LogP contribution in [-0.2, 0) is 16.1 Å². The molecule has 4 aromatic rings. The highest BCUT2D eigenvalue weighted by Gasteiger charge is 2.44. The van der Waals surface area contributed by atoms with Crippen LogP contribution in [0.5, 0.6) is 0 Å². The van der Waals surface area contributed by atoms with Gasteiger partial charge in [-0.1, -0.05) is 0 Å². The zero-order chi connectivity index (χ0) is 36.4. The van der Waals surface area contributed by atoms with E-state index < -0.39 is 29.7 Å². The third-order valence-electron chi connectivity index (χ3n) is 9.90. The summed E-state index contributed by atoms with van der Waals surface area (Å²) in [6.45, 7) is 5.09. The van der Waals surface area contributed by atoms with Crippen molar-refractivity contribution < 1.29 is 28.8 Å². The molecule has 1 aromatic heterocycles. The van der Waals surface area contributed by atoms with Crippen LogP contribution in [0.2, 0.25) is 0 Å². The quantitative estimate of drug-likeness (QED) is 0.108. The van der Waals surface area contributed by atoms with Gasteiger partial charge < -0.3 is 20.9 Å². The predicted molar refractivity (Wildman–Crippen MR) is 193 cm³/mol. The van der Waals surface area contributed by atoms with Gasteiger partial charge in [-0.15, -0.1) is 0 Å². The molecule has 0 saturated carbocycles. The largest absolute Gasteiger partial charge is 0.385 e. The van der Waals surface area contributed by atoms with Crippen molar-refractivity contribution in [2.75, 3.05) is 30.3 Å². The minimum absolute atomic E-state index is 0.0627. The van der Waals surface area contributed by atoms with E-state index in [9.17, 15) is 28.8 Å². The number of nitrogens with one attached hydrogen (secondary N) is 5. The molecule has 1 unspecified atom stereocenters. The maximum atomic E-state index is 13.0. The van der Waals surface area contributed by atoms with Crippen molar-refractivity contribution in [3.63, 3.8) is 0 Å². The molecule has 2 atom stereocenters. The summed E-state index contributed by atoms with van der Waals surface area (Å²) >= 11 is 0. The summed E-state index contributed by atoms with van der Waals surface area (Å²) < 4.78 is 0. The Morgan fingerprint density at radius 1 is 0.846 bits per heavy atom. The van der Waals surface area contributed by atoms with Crippen LogP contribution in [0.15, 0.2) is 60.7 Å². The molecular weight excluding hydrogens is 664 g/mol. The van der Waals surface area contributed by atoms with Crippen LogP contribution in [0.4, 0.5) is 11.4 Å². The Kier molecular flexibility index (Phi) is 9.81. The first-order chi connectivity index (χ1) is 25.1. The molecule has 2 fully saturated rings. The molecule has 14 heteroatoms. The van der Waals surface area contributed by atoms with Crippen LogP contribution < -0.4 is 21.3 Å². The second-order valence-electron chi connectivity index (χ2n) is 13.5. The van der Waals surface area contributed by atoms with Gasteiger partial charge in [0.25, 0.3) is 23.6 Å². The second-order valence-corrected chi connectivity index (χ2v) is 13.5. The number of benzene rings is 3. The Morgan fingerprint density at radius 2 is 1.58 bits per heavy atom. The second kappa shape index (κ2) is 14.8. The molecule has 3 aliphatic heterocycles. The maximum Gasteiger partial charge on any atom is 0.262 e. The van der Waals surface area contributed by atoms with Gasteiger partial charge in [0, 0.05) is 48.1 Å². The lowest BCUT2D eigenvalue weighted by atomic mass is 10.0. The number of aromatic nitrogens is 2. The van der Waals surface area contributed by atoms with E-state index in [0.717, 1.165) is 41.3 Å². The van der Waals surface area contributed by atoms with E-state index in [4.69, 9.17) is 4.98 Å². The van der Waals surface area contributed by atoms with Gasteiger partial charge in [0.05, 0.1) is 28.7 Å². The topological polar surface area (TPSA) is 186 Å². The van der Waals surface area contributed by atoms with Crippen molar-refractivity contribution in [1.82, 2.24) is 30.4 Å². The first-order valence-electron chi connectivity index (χ1n) is 17.7. The van der Waals surface area contributed by atoms with E-state index >= 15 is 0 Å². The standard InChI is InChI=1S/C38H40N8O6/c1-22-5-4-18-45(22)21-32-42-29-13-11-26(20-30(29)43-32)41-35(49)24-8-6-23(7-9-24)34(48)40-17-3-2-16-39-25-10-12-27-28(19-25)38(52)46(37(27)51)31-14-15-33(47)44-36(31)50/h6-13,19-20,22,31,39H,2-5,14-18,21H2,1H3,(H,40,48)(H,41,49)(H,42,43)(H,44,47,50)/t22-,31?/m0/s1. The summed E-state index contributed by atoms with van der Waals surface area (Å²) in [5.41, 5.74) is 4.30. The van der Waals surface area contributed by atoms with Crippen LogP contribution in [0.25, 0.3) is 11.0 Å². The minimum atomic E-state index is -1.01. The Hall–Kier alpha value is -5.89. The SMILES string of the molecule is C[C@H]1CCCN1Cc1nc2cc(NC(=O)c3ccc(C(=O)NCCCCNc4ccc5c(c4)C(=O)N(C4CCC(=O)NC4=O)C5=O)cc3)ccc2[nH]1. The van der Waals surface area contributed by atoms with Crippen LogP contribution in [0, 0.1) is 0 Å². The summed E-state index contributed by atoms with van der Waals surface area (Å²) in [7, 11) is 0. The summed E-state index contributed by atoms with van der Waals surface area (Å²) in [5.74, 6) is -1.79. The lowest BCUT2D eigenvalue weighted by Crippen LogP contribution is -2.54. The van der Waals surface area contributed by atoms with Gasteiger partial charge in [0.15, 0.2) is 0 Å². The zero-order valence-corrected chi connectivity index (χ0v) is 28.8. The van der Waals surface area contributed by atoms with Crippen LogP contribution in [0.1, 0.15) is 92.7 Å². The van der Waals surface area contributed by atoms with Crippen molar-refractivity contribution in [2.24, 2.45) is 0 Å². The number of carbonyl (C=O) groups excluding carboxylic acids is 6. The van der Waals surface area contributed by atoms with Crippen molar-refractivity contribution in [2.45, 2.75) is 64.1 Å². The van der Waals surface area contributed by atoms with Crippen molar-refractivity contribution in [1.29, 1.82) is 0 Å². The molecule has 0 aliphatic carbocycles. The van der Waals surface area contributed by atoms with E-state index in [-0.39, 0.29) is 35.8 Å². The van der Waals surface area contributed by atoms with E-state index in [1.54, 1.807) is 42.5 Å². The number of rotatable bonds is 12. The molecule has 6 amide bonds. The number of aromatic amines is 1. The van der Waals surface area contributed by atoms with Crippen LogP contribution >= 0.6 is 0 Å². The first kappa shape index (κ1) is 34.6. The number of likely N-dealkylation sites (tertiary alicyclic amines) is 1. The number of amides is 6. The fourth-order valence-electron chi connectivity index (χ4n) is 6.98. The van der Waals surface area contributed by atoms with Gasteiger partial charge in [-0.3, -0.25) is 43.9 Å². The molecule has 52 heavy (non-hydrogen) atoms. The zero-order valence-electron chi connectivity index (χ0n) is 28.8. The minimum Gasteiger partial charge on any atom is -0.385 e. The Bertz CT molecular complexity index is 2080. The number of carbonyl (C=O) groups is 6. The van der Waals surface area contributed by atoms with Gasteiger partial charge in [-0.2, -0.15) is 0 Å². The molecule has 0 radical (unpaired) electrons. The maximum absolute atomic E-state index is 13.0. The fraction of sp³-hybridized carbons (Fsp3) is 0.342. The van der Waals surface area contributed by atoms with E-state index in [1.165, 1.54) is 12.8 Å². The number of unbranched alkanes of at least 4 members (excludes halogenated alkanes) is 1. The van der Waals surface area contributed by atoms with Crippen molar-refractivity contribution in [3.8, 4) is 0 Å². The highest BCUT2D eigenvalue weighted by atomic mass is 16.2. The van der Waals surface area contributed by atoms with Gasteiger partial charge in [0.1, 0.15) is 11.9 Å². The highest BCUT2D eigenvalue weighted by Crippen LogP contribution is 2.30. The number of fused-ring (bicyclic) bond motifs is 2. The van der Waals surface area contributed by atoms with E-state index in [1.807, 2.05) is 18.2 Å². The lowest BCUT2D eigenvalue weighted by Gasteiger charge is -2.27. The molecule has 7 rings (SSSR count). The highest BCUT2D eigenvalue weighted by molar-refractivity contribution is 6.23. The van der Waals surface area contributed by atoms with E-state index in [2.05, 4.69) is 38.1 Å². The Morgan fingerprint density at radius 3 is 2.33 bits per heavy atom. The summed E-state index contributed by atoms with van der Waals surface area (Å²) in [6.07, 6.45) is 3.98. The number of nitrogens with zero attached hydrogens (tertiary/aromatic N) is 3. The number of imidazole rings is 1. The molecular formula is C38H40N8O6. The summed E-state index contributed by atoms with van der Waals surface area (Å²) in [6, 6.07) is 16.5. The number of anilines is 2. The fourth-order valence-corrected chi connectivity index (χ4v) is 6.98. The van der Waals surface area contributed by atoms with Gasteiger partial charge >= 0.3 is 0 Å². The number of H-pyrrole nitrogens is 1. The average molecular weight is 705 g/mol. The molecule has 268 valence electrons. The summed E-state index contributed by atoms with van der Waals surface area (Å²) in [5, 5.41) is 11.2. The summed E-state index contributed by atoms with van der Waals surface area (Å²) in [4.78, 5) is 86.9. The van der Waals surface area contributed by atoms with Crippen LogP contribution in [-0.4, -0.2) is 86.9 Å². The van der Waals surface area contributed by atoms with Crippen molar-refractivity contribution >= 4 is 57.9 Å². The number of hydrogen-bond donors (Lipinski definition) is 5. The number of imide groups is 2. The van der Waals surface area contributed by atoms with Crippen LogP contribution in [0.3, 0.4) is 0 Å². The third-order valence-corrected chi connectivity index (χ3v) is 9.90. The molecule has 0 bridgehead atoms. The van der Waals surface area contributed by atoms with E-state index in [0.29, 0.717) is 48.1 Å². The van der Waals surface area contributed by atoms with Gasteiger partial charge in [-0.05, 0) is 106 Å². The number of hydrogen-bond acceptors (Lipinski definition) is 9. The molecule has 3 aliphatic rings. The Balaban J connectivity index is 0.837. The molecule has 3 aromatic carbocycles. The van der Waals surface area contributed by atoms with Gasteiger partial charge in [0.2, 0.25) is 11.8 Å². The molecule has 14 nitrogen and oxygen atoms in total. The normalized spacial score (nSPS) is 18.8. The third kappa shape index (κ3) is 7.28. The molecule has 0 spiro atoms. The Labute approximate surface area is 299 Å². The molecule has 4 heterocycles.